The Hall–Kier alpha value is -3.16. The molecule has 1 aromatic carbocycles. The van der Waals surface area contributed by atoms with E-state index in [4.69, 9.17) is 31.8 Å². The van der Waals surface area contributed by atoms with Crippen molar-refractivity contribution in [3.63, 3.8) is 0 Å². The number of aliphatic imine (C=N–C) groups is 1. The Kier molecular flexibility index (Phi) is 9.46. The van der Waals surface area contributed by atoms with Crippen molar-refractivity contribution >= 4 is 23.1 Å². The van der Waals surface area contributed by atoms with Gasteiger partial charge in [-0.15, -0.1) is 0 Å². The van der Waals surface area contributed by atoms with Crippen molar-refractivity contribution in [3.8, 4) is 11.3 Å². The quantitative estimate of drug-likeness (QED) is 0.248. The molecule has 0 fully saturated rings. The Morgan fingerprint density at radius 2 is 2.03 bits per heavy atom. The normalized spacial score (nSPS) is 16.5. The Morgan fingerprint density at radius 1 is 1.29 bits per heavy atom. The average Bonchev–Trinajstić information content (AvgIpc) is 3.19. The van der Waals surface area contributed by atoms with Crippen LogP contribution in [0.25, 0.3) is 11.3 Å². The van der Waals surface area contributed by atoms with Gasteiger partial charge in [-0.25, -0.2) is 4.99 Å². The van der Waals surface area contributed by atoms with Gasteiger partial charge in [-0.05, 0) is 62.5 Å². The average molecular weight is 495 g/mol. The molecule has 2 aromatic rings. The topological polar surface area (TPSA) is 87.3 Å². The van der Waals surface area contributed by atoms with Gasteiger partial charge < -0.3 is 15.4 Å². The first-order valence-corrected chi connectivity index (χ1v) is 12.3. The third-order valence-electron chi connectivity index (χ3n) is 5.99. The fourth-order valence-electron chi connectivity index (χ4n) is 3.95. The molecule has 0 radical (unpaired) electrons. The lowest BCUT2D eigenvalue weighted by molar-refractivity contribution is 0.203. The maximum atomic E-state index is 8.41. The summed E-state index contributed by atoms with van der Waals surface area (Å²) in [6.07, 6.45) is 8.11. The zero-order valence-corrected chi connectivity index (χ0v) is 22.0. The highest BCUT2D eigenvalue weighted by atomic mass is 35.5. The van der Waals surface area contributed by atoms with Crippen LogP contribution in [0.15, 0.2) is 64.6 Å². The molecule has 0 saturated carbocycles. The lowest BCUT2D eigenvalue weighted by atomic mass is 9.87. The minimum Gasteiger partial charge on any atom is -0.388 e. The van der Waals surface area contributed by atoms with E-state index in [1.165, 1.54) is 5.57 Å². The van der Waals surface area contributed by atoms with Crippen LogP contribution in [0.3, 0.4) is 0 Å². The van der Waals surface area contributed by atoms with Gasteiger partial charge >= 0.3 is 0 Å². The van der Waals surface area contributed by atoms with Crippen LogP contribution in [0.4, 0.5) is 0 Å². The van der Waals surface area contributed by atoms with Crippen LogP contribution in [0, 0.1) is 5.41 Å². The van der Waals surface area contributed by atoms with E-state index in [2.05, 4.69) is 23.6 Å². The number of aryl methyl sites for hydroxylation is 2. The third-order valence-corrected chi connectivity index (χ3v) is 6.24. The molecule has 35 heavy (non-hydrogen) atoms. The van der Waals surface area contributed by atoms with Crippen molar-refractivity contribution in [2.45, 2.75) is 40.0 Å². The van der Waals surface area contributed by atoms with E-state index in [0.717, 1.165) is 53.1 Å². The van der Waals surface area contributed by atoms with Gasteiger partial charge in [0, 0.05) is 43.1 Å². The number of halogens is 1. The smallest absolute Gasteiger partial charge is 0.131 e. The Bertz CT molecular complexity index is 1170. The first-order valence-electron chi connectivity index (χ1n) is 11.9. The van der Waals surface area contributed by atoms with Crippen molar-refractivity contribution < 1.29 is 4.74 Å². The Morgan fingerprint density at radius 3 is 2.69 bits per heavy atom. The standard InChI is InChI=1S/C27H35ClN6O/c1-6-18(3)27(31-23(29)14-15-30-16-17-35-5)32-25-19(7-2)10-13-22-24(25)26(34(4)33-22)20-8-11-21(28)12-9-20/h7-9,11-12,14-15,30H,6,10,13,16-17H2,1-5H3,(H2,29,31)/b15-14-,19-7-,27-18+,32-25+. The number of hydrogen-bond acceptors (Lipinski definition) is 5. The molecule has 1 aromatic heterocycles. The Labute approximate surface area is 213 Å². The highest BCUT2D eigenvalue weighted by molar-refractivity contribution is 6.30. The van der Waals surface area contributed by atoms with Crippen LogP contribution in [0.1, 0.15) is 44.9 Å². The molecule has 3 rings (SSSR count). The second-order valence-corrected chi connectivity index (χ2v) is 8.81. The largest absolute Gasteiger partial charge is 0.388 e. The molecular weight excluding hydrogens is 460 g/mol. The molecule has 0 spiro atoms. The van der Waals surface area contributed by atoms with Crippen LogP contribution >= 0.6 is 11.6 Å². The lowest BCUT2D eigenvalue weighted by Crippen LogP contribution is -2.24. The van der Waals surface area contributed by atoms with Gasteiger partial charge in [0.15, 0.2) is 0 Å². The lowest BCUT2D eigenvalue weighted by Gasteiger charge is -2.20. The number of benzene rings is 1. The maximum absolute atomic E-state index is 8.41. The highest BCUT2D eigenvalue weighted by Crippen LogP contribution is 2.35. The van der Waals surface area contributed by atoms with E-state index in [1.807, 2.05) is 49.8 Å². The summed E-state index contributed by atoms with van der Waals surface area (Å²) in [7, 11) is 3.63. The molecule has 1 aliphatic carbocycles. The predicted molar refractivity (Wildman–Crippen MR) is 145 cm³/mol. The van der Waals surface area contributed by atoms with Crippen LogP contribution in [-0.4, -0.2) is 41.6 Å². The predicted octanol–water partition coefficient (Wildman–Crippen LogP) is 5.38. The number of nitrogens with one attached hydrogen (secondary N) is 3. The number of methoxy groups -OCH3 is 1. The zero-order valence-electron chi connectivity index (χ0n) is 21.2. The van der Waals surface area contributed by atoms with Gasteiger partial charge in [-0.3, -0.25) is 10.1 Å². The number of nitrogens with zero attached hydrogens (tertiary/aromatic N) is 3. The maximum Gasteiger partial charge on any atom is 0.131 e. The summed E-state index contributed by atoms with van der Waals surface area (Å²) in [5.41, 5.74) is 7.28. The molecule has 0 aliphatic heterocycles. The van der Waals surface area contributed by atoms with Crippen molar-refractivity contribution in [1.29, 1.82) is 5.41 Å². The summed E-state index contributed by atoms with van der Waals surface area (Å²) in [6.45, 7) is 7.47. The molecule has 0 saturated heterocycles. The first-order chi connectivity index (χ1) is 16.9. The van der Waals surface area contributed by atoms with Gasteiger partial charge in [0.25, 0.3) is 0 Å². The molecule has 0 amide bonds. The molecule has 0 bridgehead atoms. The molecule has 7 nitrogen and oxygen atoms in total. The van der Waals surface area contributed by atoms with Crippen LogP contribution in [0.2, 0.25) is 5.02 Å². The van der Waals surface area contributed by atoms with E-state index < -0.39 is 0 Å². The van der Waals surface area contributed by atoms with Gasteiger partial charge in [0.1, 0.15) is 11.7 Å². The number of fused-ring (bicyclic) bond motifs is 1. The summed E-state index contributed by atoms with van der Waals surface area (Å²) in [5, 5.41) is 20.3. The number of ether oxygens (including phenoxy) is 1. The minimum atomic E-state index is 0.254. The van der Waals surface area contributed by atoms with Crippen LogP contribution < -0.4 is 10.6 Å². The summed E-state index contributed by atoms with van der Waals surface area (Å²) >= 11 is 6.15. The molecule has 8 heteroatoms. The highest BCUT2D eigenvalue weighted by Gasteiger charge is 2.28. The number of aromatic nitrogens is 2. The molecular formula is C27H35ClN6O. The van der Waals surface area contributed by atoms with E-state index in [1.54, 1.807) is 19.4 Å². The van der Waals surface area contributed by atoms with Gasteiger partial charge in [0.05, 0.1) is 23.7 Å². The molecule has 3 N–H and O–H groups in total. The monoisotopic (exact) mass is 494 g/mol. The fraction of sp³-hybridized carbons (Fsp3) is 0.370. The first kappa shape index (κ1) is 26.4. The molecule has 1 heterocycles. The van der Waals surface area contributed by atoms with Crippen molar-refractivity contribution in [2.75, 3.05) is 20.3 Å². The summed E-state index contributed by atoms with van der Waals surface area (Å²) in [4.78, 5) is 5.14. The van der Waals surface area contributed by atoms with Crippen molar-refractivity contribution in [3.05, 3.63) is 75.9 Å². The fourth-order valence-corrected chi connectivity index (χ4v) is 4.07. The zero-order chi connectivity index (χ0) is 25.4. The molecule has 0 atom stereocenters. The molecule has 186 valence electrons. The van der Waals surface area contributed by atoms with Crippen LogP contribution in [-0.2, 0) is 18.2 Å². The van der Waals surface area contributed by atoms with E-state index in [-0.39, 0.29) is 5.84 Å². The van der Waals surface area contributed by atoms with Crippen LogP contribution in [0.5, 0.6) is 0 Å². The SMILES string of the molecule is C/C=C1/CCc2nn(C)c(-c3ccc(Cl)cc3)c2/C1=N/C(NC(=N)/C=C\NCCOC)=C(\C)CC. The van der Waals surface area contributed by atoms with Gasteiger partial charge in [0.2, 0.25) is 0 Å². The number of allylic oxidation sites excluding steroid dienone is 3. The van der Waals surface area contributed by atoms with E-state index >= 15 is 0 Å². The number of amidine groups is 1. The molecule has 0 unspecified atom stereocenters. The summed E-state index contributed by atoms with van der Waals surface area (Å²) < 4.78 is 6.97. The molecule has 1 aliphatic rings. The number of hydrogen-bond donors (Lipinski definition) is 3. The van der Waals surface area contributed by atoms with Crippen molar-refractivity contribution in [2.24, 2.45) is 12.0 Å². The van der Waals surface area contributed by atoms with Gasteiger partial charge in [-0.1, -0.05) is 36.7 Å². The second kappa shape index (κ2) is 12.5. The van der Waals surface area contributed by atoms with Gasteiger partial charge in [-0.2, -0.15) is 5.10 Å². The van der Waals surface area contributed by atoms with Crippen molar-refractivity contribution in [1.82, 2.24) is 20.4 Å². The Balaban J connectivity index is 2.04. The minimum absolute atomic E-state index is 0.254. The van der Waals surface area contributed by atoms with E-state index in [0.29, 0.717) is 24.0 Å². The summed E-state index contributed by atoms with van der Waals surface area (Å²) in [5.74, 6) is 0.941. The number of rotatable bonds is 9. The second-order valence-electron chi connectivity index (χ2n) is 8.38. The third kappa shape index (κ3) is 6.50. The summed E-state index contributed by atoms with van der Waals surface area (Å²) in [6, 6.07) is 7.83. The van der Waals surface area contributed by atoms with E-state index in [9.17, 15) is 0 Å².